The molecule has 0 bridgehead atoms. The van der Waals surface area contributed by atoms with Crippen molar-refractivity contribution < 1.29 is 9.59 Å². The third-order valence-corrected chi connectivity index (χ3v) is 3.08. The van der Waals surface area contributed by atoms with Crippen molar-refractivity contribution in [1.29, 1.82) is 0 Å². The van der Waals surface area contributed by atoms with E-state index in [1.165, 1.54) is 0 Å². The Morgan fingerprint density at radius 1 is 1.37 bits per heavy atom. The summed E-state index contributed by atoms with van der Waals surface area (Å²) in [5.74, 6) is 0.154. The number of carbonyl (C=O) groups is 2. The van der Waals surface area contributed by atoms with Gasteiger partial charge in [-0.3, -0.25) is 4.79 Å². The lowest BCUT2D eigenvalue weighted by molar-refractivity contribution is -0.119. The smallest absolute Gasteiger partial charge is 0.319 e. The molecule has 0 unspecified atom stereocenters. The van der Waals surface area contributed by atoms with Crippen molar-refractivity contribution in [2.45, 2.75) is 26.2 Å². The van der Waals surface area contributed by atoms with Crippen molar-refractivity contribution in [3.63, 3.8) is 0 Å². The largest absolute Gasteiger partial charge is 0.338 e. The van der Waals surface area contributed by atoms with E-state index in [4.69, 9.17) is 0 Å². The van der Waals surface area contributed by atoms with Crippen molar-refractivity contribution in [2.24, 2.45) is 0 Å². The molecule has 1 saturated heterocycles. The maximum absolute atomic E-state index is 11.9. The second-order valence-corrected chi connectivity index (χ2v) is 4.54. The van der Waals surface area contributed by atoms with Crippen LogP contribution in [-0.2, 0) is 4.79 Å². The molecule has 0 spiro atoms. The van der Waals surface area contributed by atoms with Gasteiger partial charge in [0.05, 0.1) is 0 Å². The summed E-state index contributed by atoms with van der Waals surface area (Å²) >= 11 is 0. The third-order valence-electron chi connectivity index (χ3n) is 3.08. The minimum Gasteiger partial charge on any atom is -0.338 e. The molecule has 1 heterocycles. The van der Waals surface area contributed by atoms with Crippen molar-refractivity contribution in [3.05, 3.63) is 24.3 Å². The summed E-state index contributed by atoms with van der Waals surface area (Å²) in [4.78, 5) is 25.1. The number of nitrogens with zero attached hydrogens (tertiary/aromatic N) is 1. The number of rotatable bonds is 3. The van der Waals surface area contributed by atoms with Gasteiger partial charge < -0.3 is 15.5 Å². The molecular formula is C14H19N3O2. The van der Waals surface area contributed by atoms with Crippen LogP contribution in [-0.4, -0.2) is 25.0 Å². The Kier molecular flexibility index (Phi) is 4.39. The summed E-state index contributed by atoms with van der Waals surface area (Å²) < 4.78 is 0. The Morgan fingerprint density at radius 3 is 2.95 bits per heavy atom. The highest BCUT2D eigenvalue weighted by Crippen LogP contribution is 2.23. The zero-order valence-electron chi connectivity index (χ0n) is 11.1. The molecule has 2 rings (SSSR count). The van der Waals surface area contributed by atoms with E-state index in [-0.39, 0.29) is 11.9 Å². The van der Waals surface area contributed by atoms with E-state index in [9.17, 15) is 9.59 Å². The van der Waals surface area contributed by atoms with Gasteiger partial charge in [-0.2, -0.15) is 0 Å². The molecule has 0 aromatic heterocycles. The molecule has 1 aliphatic rings. The van der Waals surface area contributed by atoms with Gasteiger partial charge in [0.2, 0.25) is 5.91 Å². The second-order valence-electron chi connectivity index (χ2n) is 4.54. The quantitative estimate of drug-likeness (QED) is 0.877. The maximum atomic E-state index is 11.9. The summed E-state index contributed by atoms with van der Waals surface area (Å²) in [6.07, 6.45) is 2.60. The summed E-state index contributed by atoms with van der Waals surface area (Å²) in [7, 11) is 0. The standard InChI is InChI=1S/C14H19N3O2/c1-2-15-14(19)16-11-6-5-7-12(10-11)17-9-4-3-8-13(17)18/h5-7,10H,2-4,8-9H2,1H3,(H2,15,16,19). The van der Waals surface area contributed by atoms with Gasteiger partial charge >= 0.3 is 6.03 Å². The van der Waals surface area contributed by atoms with Crippen LogP contribution in [0.15, 0.2) is 24.3 Å². The molecule has 0 radical (unpaired) electrons. The Hall–Kier alpha value is -2.04. The molecule has 1 aliphatic heterocycles. The molecule has 1 aromatic rings. The van der Waals surface area contributed by atoms with Crippen LogP contribution in [0.1, 0.15) is 26.2 Å². The number of nitrogens with one attached hydrogen (secondary N) is 2. The number of hydrogen-bond acceptors (Lipinski definition) is 2. The number of anilines is 2. The van der Waals surface area contributed by atoms with Crippen LogP contribution in [0.25, 0.3) is 0 Å². The average molecular weight is 261 g/mol. The van der Waals surface area contributed by atoms with E-state index >= 15 is 0 Å². The first kappa shape index (κ1) is 13.4. The van der Waals surface area contributed by atoms with Crippen LogP contribution in [0.2, 0.25) is 0 Å². The van der Waals surface area contributed by atoms with E-state index in [0.717, 1.165) is 25.1 Å². The fourth-order valence-electron chi connectivity index (χ4n) is 2.17. The monoisotopic (exact) mass is 261 g/mol. The lowest BCUT2D eigenvalue weighted by atomic mass is 10.1. The highest BCUT2D eigenvalue weighted by Gasteiger charge is 2.19. The Labute approximate surface area is 113 Å². The number of hydrogen-bond donors (Lipinski definition) is 2. The van der Waals surface area contributed by atoms with Crippen molar-refractivity contribution in [1.82, 2.24) is 5.32 Å². The molecule has 0 aliphatic carbocycles. The first-order valence-electron chi connectivity index (χ1n) is 6.66. The first-order valence-corrected chi connectivity index (χ1v) is 6.66. The van der Waals surface area contributed by atoms with Gasteiger partial charge in [0.1, 0.15) is 0 Å². The van der Waals surface area contributed by atoms with E-state index < -0.39 is 0 Å². The number of amides is 3. The number of benzene rings is 1. The molecule has 102 valence electrons. The van der Waals surface area contributed by atoms with Crippen molar-refractivity contribution >= 4 is 23.3 Å². The van der Waals surface area contributed by atoms with Gasteiger partial charge in [0.25, 0.3) is 0 Å². The Bertz CT molecular complexity index is 474. The summed E-state index contributed by atoms with van der Waals surface area (Å²) in [6, 6.07) is 7.15. The number of urea groups is 1. The zero-order valence-corrected chi connectivity index (χ0v) is 11.1. The van der Waals surface area contributed by atoms with Gasteiger partial charge in [-0.25, -0.2) is 4.79 Å². The van der Waals surface area contributed by atoms with Crippen molar-refractivity contribution in [2.75, 3.05) is 23.3 Å². The van der Waals surface area contributed by atoms with E-state index in [2.05, 4.69) is 10.6 Å². The summed E-state index contributed by atoms with van der Waals surface area (Å²) in [5, 5.41) is 5.42. The van der Waals surface area contributed by atoms with Gasteiger partial charge in [-0.15, -0.1) is 0 Å². The highest BCUT2D eigenvalue weighted by molar-refractivity contribution is 5.95. The molecule has 3 amide bonds. The molecule has 19 heavy (non-hydrogen) atoms. The van der Waals surface area contributed by atoms with E-state index in [0.29, 0.717) is 18.7 Å². The maximum Gasteiger partial charge on any atom is 0.319 e. The molecule has 1 aromatic carbocycles. The van der Waals surface area contributed by atoms with E-state index in [1.54, 1.807) is 4.90 Å². The lowest BCUT2D eigenvalue weighted by Gasteiger charge is -2.27. The molecule has 0 saturated carbocycles. The normalized spacial score (nSPS) is 15.2. The van der Waals surface area contributed by atoms with Crippen LogP contribution in [0, 0.1) is 0 Å². The minimum absolute atomic E-state index is 0.154. The fourth-order valence-corrected chi connectivity index (χ4v) is 2.17. The van der Waals surface area contributed by atoms with Crippen LogP contribution in [0.5, 0.6) is 0 Å². The average Bonchev–Trinajstić information content (AvgIpc) is 2.40. The van der Waals surface area contributed by atoms with Crippen LogP contribution in [0.3, 0.4) is 0 Å². The van der Waals surface area contributed by atoms with Gasteiger partial charge in [-0.1, -0.05) is 6.07 Å². The van der Waals surface area contributed by atoms with E-state index in [1.807, 2.05) is 31.2 Å². The predicted octanol–water partition coefficient (Wildman–Crippen LogP) is 2.34. The fraction of sp³-hybridized carbons (Fsp3) is 0.429. The Balaban J connectivity index is 2.10. The third kappa shape index (κ3) is 3.47. The van der Waals surface area contributed by atoms with Crippen LogP contribution in [0.4, 0.5) is 16.2 Å². The molecule has 1 fully saturated rings. The molecule has 5 heteroatoms. The SMILES string of the molecule is CCNC(=O)Nc1cccc(N2CCCCC2=O)c1. The zero-order chi connectivity index (χ0) is 13.7. The topological polar surface area (TPSA) is 61.4 Å². The first-order chi connectivity index (χ1) is 9.20. The molecular weight excluding hydrogens is 242 g/mol. The summed E-state index contributed by atoms with van der Waals surface area (Å²) in [6.45, 7) is 3.20. The molecule has 5 nitrogen and oxygen atoms in total. The van der Waals surface area contributed by atoms with Gasteiger partial charge in [0.15, 0.2) is 0 Å². The van der Waals surface area contributed by atoms with Gasteiger partial charge in [-0.05, 0) is 38.0 Å². The highest BCUT2D eigenvalue weighted by atomic mass is 16.2. The van der Waals surface area contributed by atoms with Crippen LogP contribution >= 0.6 is 0 Å². The number of carbonyl (C=O) groups excluding carboxylic acids is 2. The van der Waals surface area contributed by atoms with Crippen molar-refractivity contribution in [3.8, 4) is 0 Å². The molecule has 2 N–H and O–H groups in total. The predicted molar refractivity (Wildman–Crippen MR) is 75.3 cm³/mol. The van der Waals surface area contributed by atoms with Crippen LogP contribution < -0.4 is 15.5 Å². The number of piperidine rings is 1. The Morgan fingerprint density at radius 2 is 2.21 bits per heavy atom. The second kappa shape index (κ2) is 6.22. The minimum atomic E-state index is -0.232. The van der Waals surface area contributed by atoms with Gasteiger partial charge in [0, 0.05) is 30.9 Å². The lowest BCUT2D eigenvalue weighted by Crippen LogP contribution is -2.35. The molecule has 0 atom stereocenters. The summed E-state index contributed by atoms with van der Waals surface area (Å²) in [5.41, 5.74) is 1.54.